The number of urea groups is 1. The quantitative estimate of drug-likeness (QED) is 0.859. The zero-order chi connectivity index (χ0) is 16.7. The first-order valence-corrected chi connectivity index (χ1v) is 7.06. The molecule has 0 radical (unpaired) electrons. The molecule has 6 heteroatoms. The minimum atomic E-state index is -0.287. The van der Waals surface area contributed by atoms with Crippen molar-refractivity contribution in [3.8, 4) is 17.2 Å². The van der Waals surface area contributed by atoms with Gasteiger partial charge in [0.15, 0.2) is 11.5 Å². The smallest absolute Gasteiger partial charge is 0.319 e. The van der Waals surface area contributed by atoms with E-state index in [9.17, 15) is 4.79 Å². The number of amides is 2. The molecule has 0 fully saturated rings. The predicted molar refractivity (Wildman–Crippen MR) is 88.4 cm³/mol. The Morgan fingerprint density at radius 1 is 0.913 bits per heavy atom. The number of carbonyl (C=O) groups is 1. The van der Waals surface area contributed by atoms with Crippen LogP contribution in [0.4, 0.5) is 10.5 Å². The number of anilines is 1. The highest BCUT2D eigenvalue weighted by Gasteiger charge is 2.06. The van der Waals surface area contributed by atoms with Crippen LogP contribution in [0.5, 0.6) is 17.2 Å². The molecule has 0 unspecified atom stereocenters. The van der Waals surface area contributed by atoms with Crippen molar-refractivity contribution in [1.82, 2.24) is 5.32 Å². The average molecular weight is 316 g/mol. The summed E-state index contributed by atoms with van der Waals surface area (Å²) < 4.78 is 15.5. The molecule has 0 spiro atoms. The first-order chi connectivity index (χ1) is 11.2. The molecule has 2 aromatic carbocycles. The molecule has 0 saturated carbocycles. The van der Waals surface area contributed by atoms with Crippen LogP contribution in [0.1, 0.15) is 5.56 Å². The van der Waals surface area contributed by atoms with E-state index in [-0.39, 0.29) is 6.03 Å². The highest BCUT2D eigenvalue weighted by molar-refractivity contribution is 5.89. The van der Waals surface area contributed by atoms with Gasteiger partial charge in [0, 0.05) is 12.2 Å². The van der Waals surface area contributed by atoms with E-state index < -0.39 is 0 Å². The molecule has 0 atom stereocenters. The number of carbonyl (C=O) groups excluding carboxylic acids is 1. The highest BCUT2D eigenvalue weighted by atomic mass is 16.5. The van der Waals surface area contributed by atoms with Crippen molar-refractivity contribution in [3.05, 3.63) is 48.0 Å². The van der Waals surface area contributed by atoms with Gasteiger partial charge in [-0.2, -0.15) is 0 Å². The fourth-order valence-corrected chi connectivity index (χ4v) is 2.02. The second-order valence-corrected chi connectivity index (χ2v) is 4.73. The van der Waals surface area contributed by atoms with Crippen molar-refractivity contribution < 1.29 is 19.0 Å². The van der Waals surface area contributed by atoms with Gasteiger partial charge >= 0.3 is 6.03 Å². The Labute approximate surface area is 135 Å². The predicted octanol–water partition coefficient (Wildman–Crippen LogP) is 3.03. The van der Waals surface area contributed by atoms with Crippen LogP contribution in [0.3, 0.4) is 0 Å². The van der Waals surface area contributed by atoms with Crippen LogP contribution < -0.4 is 24.8 Å². The molecule has 0 aliphatic rings. The molecule has 0 aliphatic heterocycles. The molecular formula is C17H20N2O4. The van der Waals surface area contributed by atoms with Crippen LogP contribution in [0, 0.1) is 0 Å². The van der Waals surface area contributed by atoms with E-state index in [1.807, 2.05) is 12.1 Å². The third kappa shape index (κ3) is 4.54. The molecule has 0 aromatic heterocycles. The molecule has 0 saturated heterocycles. The van der Waals surface area contributed by atoms with Gasteiger partial charge in [0.2, 0.25) is 0 Å². The molecule has 2 rings (SSSR count). The summed E-state index contributed by atoms with van der Waals surface area (Å²) >= 11 is 0. The first kappa shape index (κ1) is 16.5. The van der Waals surface area contributed by atoms with E-state index in [0.29, 0.717) is 23.7 Å². The minimum absolute atomic E-state index is 0.287. The van der Waals surface area contributed by atoms with Crippen LogP contribution in [0.15, 0.2) is 42.5 Å². The van der Waals surface area contributed by atoms with Gasteiger partial charge in [0.05, 0.1) is 21.3 Å². The SMILES string of the molecule is COc1ccc(NC(=O)NCc2ccc(OC)c(OC)c2)cc1. The Morgan fingerprint density at radius 3 is 2.22 bits per heavy atom. The lowest BCUT2D eigenvalue weighted by atomic mass is 10.2. The zero-order valence-electron chi connectivity index (χ0n) is 13.4. The maximum Gasteiger partial charge on any atom is 0.319 e. The Morgan fingerprint density at radius 2 is 1.61 bits per heavy atom. The molecule has 0 bridgehead atoms. The molecule has 122 valence electrons. The summed E-state index contributed by atoms with van der Waals surface area (Å²) in [6, 6.07) is 12.3. The lowest BCUT2D eigenvalue weighted by molar-refractivity contribution is 0.251. The van der Waals surface area contributed by atoms with Crippen molar-refractivity contribution in [1.29, 1.82) is 0 Å². The Hall–Kier alpha value is -2.89. The van der Waals surface area contributed by atoms with Gasteiger partial charge < -0.3 is 24.8 Å². The number of benzene rings is 2. The molecule has 0 heterocycles. The van der Waals surface area contributed by atoms with Crippen LogP contribution in [-0.4, -0.2) is 27.4 Å². The van der Waals surface area contributed by atoms with Crippen LogP contribution in [0.25, 0.3) is 0 Å². The maximum absolute atomic E-state index is 11.9. The number of hydrogen-bond donors (Lipinski definition) is 2. The summed E-state index contributed by atoms with van der Waals surface area (Å²) in [6.07, 6.45) is 0. The van der Waals surface area contributed by atoms with E-state index in [1.54, 1.807) is 51.7 Å². The van der Waals surface area contributed by atoms with Crippen LogP contribution in [0.2, 0.25) is 0 Å². The van der Waals surface area contributed by atoms with Gasteiger partial charge in [-0.15, -0.1) is 0 Å². The fraction of sp³-hybridized carbons (Fsp3) is 0.235. The summed E-state index contributed by atoms with van der Waals surface area (Å²) in [5.41, 5.74) is 1.60. The van der Waals surface area contributed by atoms with Gasteiger partial charge in [-0.05, 0) is 42.0 Å². The van der Waals surface area contributed by atoms with E-state index in [1.165, 1.54) is 0 Å². The van der Waals surface area contributed by atoms with Gasteiger partial charge in [0.1, 0.15) is 5.75 Å². The molecule has 6 nitrogen and oxygen atoms in total. The molecule has 2 aromatic rings. The third-order valence-corrected chi connectivity index (χ3v) is 3.25. The van der Waals surface area contributed by atoms with E-state index in [4.69, 9.17) is 14.2 Å². The summed E-state index contributed by atoms with van der Waals surface area (Å²) in [5.74, 6) is 2.02. The lowest BCUT2D eigenvalue weighted by Crippen LogP contribution is -2.28. The van der Waals surface area contributed by atoms with Gasteiger partial charge in [-0.3, -0.25) is 0 Å². The van der Waals surface area contributed by atoms with E-state index in [0.717, 1.165) is 11.3 Å². The van der Waals surface area contributed by atoms with Gasteiger partial charge in [0.25, 0.3) is 0 Å². The zero-order valence-corrected chi connectivity index (χ0v) is 13.4. The van der Waals surface area contributed by atoms with Crippen molar-refractivity contribution in [3.63, 3.8) is 0 Å². The molecule has 23 heavy (non-hydrogen) atoms. The summed E-state index contributed by atoms with van der Waals surface area (Å²) in [6.45, 7) is 0.377. The van der Waals surface area contributed by atoms with Crippen molar-refractivity contribution in [2.75, 3.05) is 26.6 Å². The summed E-state index contributed by atoms with van der Waals surface area (Å²) in [7, 11) is 4.75. The minimum Gasteiger partial charge on any atom is -0.497 e. The molecular weight excluding hydrogens is 296 g/mol. The van der Waals surface area contributed by atoms with Crippen LogP contribution in [-0.2, 0) is 6.54 Å². The molecule has 0 aliphatic carbocycles. The maximum atomic E-state index is 11.9. The van der Waals surface area contributed by atoms with E-state index >= 15 is 0 Å². The van der Waals surface area contributed by atoms with E-state index in [2.05, 4.69) is 10.6 Å². The number of methoxy groups -OCH3 is 3. The second-order valence-electron chi connectivity index (χ2n) is 4.73. The standard InChI is InChI=1S/C17H20N2O4/c1-21-14-7-5-13(6-8-14)19-17(20)18-11-12-4-9-15(22-2)16(10-12)23-3/h4-10H,11H2,1-3H3,(H2,18,19,20). The molecule has 2 N–H and O–H groups in total. The van der Waals surface area contributed by atoms with Gasteiger partial charge in [-0.25, -0.2) is 4.79 Å². The Kier molecular flexibility index (Phi) is 5.68. The first-order valence-electron chi connectivity index (χ1n) is 7.06. The Balaban J connectivity index is 1.90. The summed E-state index contributed by atoms with van der Waals surface area (Å²) in [5, 5.41) is 5.54. The number of ether oxygens (including phenoxy) is 3. The fourth-order valence-electron chi connectivity index (χ4n) is 2.02. The average Bonchev–Trinajstić information content (AvgIpc) is 2.60. The largest absolute Gasteiger partial charge is 0.497 e. The second kappa shape index (κ2) is 7.93. The van der Waals surface area contributed by atoms with Crippen molar-refractivity contribution >= 4 is 11.7 Å². The summed E-state index contributed by atoms with van der Waals surface area (Å²) in [4.78, 5) is 11.9. The topological polar surface area (TPSA) is 68.8 Å². The third-order valence-electron chi connectivity index (χ3n) is 3.25. The van der Waals surface area contributed by atoms with Crippen molar-refractivity contribution in [2.45, 2.75) is 6.54 Å². The monoisotopic (exact) mass is 316 g/mol. The number of rotatable bonds is 6. The van der Waals surface area contributed by atoms with Crippen LogP contribution >= 0.6 is 0 Å². The van der Waals surface area contributed by atoms with Crippen molar-refractivity contribution in [2.24, 2.45) is 0 Å². The lowest BCUT2D eigenvalue weighted by Gasteiger charge is -2.11. The number of hydrogen-bond acceptors (Lipinski definition) is 4. The Bertz CT molecular complexity index is 656. The molecule has 2 amide bonds. The van der Waals surface area contributed by atoms with Gasteiger partial charge in [-0.1, -0.05) is 6.07 Å². The normalized spacial score (nSPS) is 9.87. The number of nitrogens with one attached hydrogen (secondary N) is 2. The highest BCUT2D eigenvalue weighted by Crippen LogP contribution is 2.27.